The maximum atomic E-state index is 13.6. The van der Waals surface area contributed by atoms with Gasteiger partial charge in [-0.2, -0.15) is 5.10 Å². The fourth-order valence-corrected chi connectivity index (χ4v) is 3.81. The average Bonchev–Trinajstić information content (AvgIpc) is 3.15. The zero-order valence-electron chi connectivity index (χ0n) is 16.5. The highest BCUT2D eigenvalue weighted by molar-refractivity contribution is 5.87. The Morgan fingerprint density at radius 1 is 1.29 bits per heavy atom. The number of nitrogens with zero attached hydrogens (tertiary/aromatic N) is 2. The first-order valence-electron chi connectivity index (χ1n) is 9.72. The molecule has 2 heterocycles. The number of H-pyrrole nitrogens is 1. The van der Waals surface area contributed by atoms with E-state index in [0.717, 1.165) is 29.7 Å². The average molecular weight is 386 g/mol. The predicted octanol–water partition coefficient (Wildman–Crippen LogP) is 3.08. The van der Waals surface area contributed by atoms with E-state index in [4.69, 9.17) is 0 Å². The van der Waals surface area contributed by atoms with Gasteiger partial charge in [0.15, 0.2) is 0 Å². The summed E-state index contributed by atoms with van der Waals surface area (Å²) in [4.78, 5) is 26.1. The van der Waals surface area contributed by atoms with E-state index in [-0.39, 0.29) is 29.5 Å². The second kappa shape index (κ2) is 8.54. The number of amides is 2. The van der Waals surface area contributed by atoms with Gasteiger partial charge in [-0.05, 0) is 36.5 Å². The Morgan fingerprint density at radius 3 is 2.61 bits per heavy atom. The molecule has 1 aromatic heterocycles. The molecule has 2 amide bonds. The lowest BCUT2D eigenvalue weighted by Gasteiger charge is -2.35. The topological polar surface area (TPSA) is 78.1 Å². The van der Waals surface area contributed by atoms with E-state index >= 15 is 0 Å². The number of benzene rings is 1. The van der Waals surface area contributed by atoms with Gasteiger partial charge in [0.1, 0.15) is 11.9 Å². The summed E-state index contributed by atoms with van der Waals surface area (Å²) < 4.78 is 13.6. The number of aromatic amines is 1. The van der Waals surface area contributed by atoms with Gasteiger partial charge in [-0.1, -0.05) is 26.0 Å². The van der Waals surface area contributed by atoms with Crippen molar-refractivity contribution in [3.8, 4) is 11.1 Å². The molecule has 2 N–H and O–H groups in total. The first-order valence-corrected chi connectivity index (χ1v) is 9.72. The number of carbonyl (C=O) groups excluding carboxylic acids is 2. The lowest BCUT2D eigenvalue weighted by Crippen LogP contribution is -2.52. The fourth-order valence-electron chi connectivity index (χ4n) is 3.81. The van der Waals surface area contributed by atoms with Crippen molar-refractivity contribution in [2.24, 2.45) is 5.92 Å². The van der Waals surface area contributed by atoms with Crippen LogP contribution in [0.1, 0.15) is 45.2 Å². The van der Waals surface area contributed by atoms with E-state index in [9.17, 15) is 14.0 Å². The molecule has 0 radical (unpaired) electrons. The molecule has 28 heavy (non-hydrogen) atoms. The lowest BCUT2D eigenvalue weighted by atomic mass is 9.89. The van der Waals surface area contributed by atoms with Crippen LogP contribution in [-0.2, 0) is 9.59 Å². The van der Waals surface area contributed by atoms with E-state index in [2.05, 4.69) is 15.5 Å². The Kier molecular flexibility index (Phi) is 6.11. The standard InChI is InChI=1S/C21H27FN4O2/c1-13(2)19(24-14(3)27)21(28)26-9-7-15(8-10-26)20-18(12-23-25-20)16-5-4-6-17(22)11-16/h4-6,11-13,15,19H,7-10H2,1-3H3,(H,23,25)(H,24,27)/t19-/m0/s1. The zero-order chi connectivity index (χ0) is 20.3. The van der Waals surface area contributed by atoms with Gasteiger partial charge < -0.3 is 10.2 Å². The number of piperidine rings is 1. The molecule has 0 aliphatic carbocycles. The molecule has 6 nitrogen and oxygen atoms in total. The Bertz CT molecular complexity index is 840. The van der Waals surface area contributed by atoms with Gasteiger partial charge in [0.25, 0.3) is 0 Å². The minimum Gasteiger partial charge on any atom is -0.344 e. The molecule has 1 saturated heterocycles. The molecule has 7 heteroatoms. The molecule has 0 spiro atoms. The van der Waals surface area contributed by atoms with Gasteiger partial charge in [0, 0.05) is 37.2 Å². The molecule has 1 aliphatic heterocycles. The van der Waals surface area contributed by atoms with E-state index < -0.39 is 6.04 Å². The Labute approximate surface area is 164 Å². The number of nitrogens with one attached hydrogen (secondary N) is 2. The maximum absolute atomic E-state index is 13.6. The predicted molar refractivity (Wildman–Crippen MR) is 105 cm³/mol. The molecule has 0 saturated carbocycles. The molecule has 3 rings (SSSR count). The van der Waals surface area contributed by atoms with Crippen LogP contribution in [0.5, 0.6) is 0 Å². The molecule has 1 aromatic carbocycles. The van der Waals surface area contributed by atoms with Crippen molar-refractivity contribution in [2.75, 3.05) is 13.1 Å². The van der Waals surface area contributed by atoms with Crippen molar-refractivity contribution in [2.45, 2.75) is 45.6 Å². The molecule has 2 aromatic rings. The van der Waals surface area contributed by atoms with E-state index in [1.165, 1.54) is 19.1 Å². The Hall–Kier alpha value is -2.70. The largest absolute Gasteiger partial charge is 0.344 e. The molecule has 0 bridgehead atoms. The third-order valence-corrected chi connectivity index (χ3v) is 5.31. The van der Waals surface area contributed by atoms with Crippen LogP contribution in [0.2, 0.25) is 0 Å². The molecule has 0 unspecified atom stereocenters. The summed E-state index contributed by atoms with van der Waals surface area (Å²) in [6, 6.07) is 6.00. The Morgan fingerprint density at radius 2 is 2.00 bits per heavy atom. The summed E-state index contributed by atoms with van der Waals surface area (Å²) in [5, 5.41) is 10.0. The molecule has 1 fully saturated rings. The van der Waals surface area contributed by atoms with Crippen molar-refractivity contribution in [1.29, 1.82) is 0 Å². The SMILES string of the molecule is CC(=O)N[C@H](C(=O)N1CCC(c2[nH]ncc2-c2cccc(F)c2)CC1)C(C)C. The van der Waals surface area contributed by atoms with Gasteiger partial charge in [-0.25, -0.2) is 4.39 Å². The number of halogens is 1. The number of carbonyl (C=O) groups is 2. The number of aromatic nitrogens is 2. The van der Waals surface area contributed by atoms with Crippen molar-refractivity contribution in [1.82, 2.24) is 20.4 Å². The van der Waals surface area contributed by atoms with Gasteiger partial charge >= 0.3 is 0 Å². The number of hydrogen-bond acceptors (Lipinski definition) is 3. The van der Waals surface area contributed by atoms with Crippen molar-refractivity contribution in [3.05, 3.63) is 42.0 Å². The van der Waals surface area contributed by atoms with Crippen LogP contribution in [-0.4, -0.2) is 46.0 Å². The molecule has 150 valence electrons. The first kappa shape index (κ1) is 20.0. The van der Waals surface area contributed by atoms with Gasteiger partial charge in [0.05, 0.1) is 6.20 Å². The number of likely N-dealkylation sites (tertiary alicyclic amines) is 1. The monoisotopic (exact) mass is 386 g/mol. The minimum atomic E-state index is -0.496. The second-order valence-electron chi connectivity index (χ2n) is 7.73. The molecular formula is C21H27FN4O2. The van der Waals surface area contributed by atoms with Gasteiger partial charge in [-0.15, -0.1) is 0 Å². The fraction of sp³-hybridized carbons (Fsp3) is 0.476. The number of rotatable bonds is 5. The van der Waals surface area contributed by atoms with E-state index in [1.54, 1.807) is 12.3 Å². The lowest BCUT2D eigenvalue weighted by molar-refractivity contribution is -0.138. The van der Waals surface area contributed by atoms with Crippen molar-refractivity contribution < 1.29 is 14.0 Å². The van der Waals surface area contributed by atoms with Crippen LogP contribution in [0.15, 0.2) is 30.5 Å². The zero-order valence-corrected chi connectivity index (χ0v) is 16.5. The van der Waals surface area contributed by atoms with E-state index in [1.807, 2.05) is 24.8 Å². The van der Waals surface area contributed by atoms with Crippen LogP contribution < -0.4 is 5.32 Å². The van der Waals surface area contributed by atoms with Crippen LogP contribution >= 0.6 is 0 Å². The summed E-state index contributed by atoms with van der Waals surface area (Å²) in [6.45, 7) is 6.53. The smallest absolute Gasteiger partial charge is 0.245 e. The minimum absolute atomic E-state index is 0.0290. The van der Waals surface area contributed by atoms with Crippen LogP contribution in [0.4, 0.5) is 4.39 Å². The van der Waals surface area contributed by atoms with Gasteiger partial charge in [0.2, 0.25) is 11.8 Å². The van der Waals surface area contributed by atoms with Crippen LogP contribution in [0, 0.1) is 11.7 Å². The van der Waals surface area contributed by atoms with Crippen molar-refractivity contribution in [3.63, 3.8) is 0 Å². The molecule has 1 atom stereocenters. The second-order valence-corrected chi connectivity index (χ2v) is 7.73. The van der Waals surface area contributed by atoms with Crippen molar-refractivity contribution >= 4 is 11.8 Å². The number of hydrogen-bond donors (Lipinski definition) is 2. The highest BCUT2D eigenvalue weighted by atomic mass is 19.1. The molecular weight excluding hydrogens is 359 g/mol. The maximum Gasteiger partial charge on any atom is 0.245 e. The third kappa shape index (κ3) is 4.40. The highest BCUT2D eigenvalue weighted by Gasteiger charge is 2.32. The van der Waals surface area contributed by atoms with Gasteiger partial charge in [-0.3, -0.25) is 14.7 Å². The quantitative estimate of drug-likeness (QED) is 0.829. The molecule has 1 aliphatic rings. The first-order chi connectivity index (χ1) is 13.4. The van der Waals surface area contributed by atoms with E-state index in [0.29, 0.717) is 13.1 Å². The Balaban J connectivity index is 1.69. The summed E-state index contributed by atoms with van der Waals surface area (Å²) in [7, 11) is 0. The summed E-state index contributed by atoms with van der Waals surface area (Å²) in [5.41, 5.74) is 2.69. The highest BCUT2D eigenvalue weighted by Crippen LogP contribution is 2.34. The summed E-state index contributed by atoms with van der Waals surface area (Å²) >= 11 is 0. The van der Waals surface area contributed by atoms with Crippen LogP contribution in [0.3, 0.4) is 0 Å². The summed E-state index contributed by atoms with van der Waals surface area (Å²) in [6.07, 6.45) is 3.31. The third-order valence-electron chi connectivity index (χ3n) is 5.31. The van der Waals surface area contributed by atoms with Crippen LogP contribution in [0.25, 0.3) is 11.1 Å². The summed E-state index contributed by atoms with van der Waals surface area (Å²) in [5.74, 6) is -0.245. The normalized spacial score (nSPS) is 16.2.